The average Bonchev–Trinajstić information content (AvgIpc) is 3.52. The zero-order valence-corrected chi connectivity index (χ0v) is 50.7. The number of aliphatic hydroxyl groups excluding tert-OH is 2. The molecule has 460 valence electrons. The van der Waals surface area contributed by atoms with Gasteiger partial charge in [0.05, 0.1) is 6.61 Å². The van der Waals surface area contributed by atoms with Crippen LogP contribution in [0.1, 0.15) is 252 Å². The molecule has 1 saturated heterocycles. The molecule has 6 atom stereocenters. The molecule has 1 fully saturated rings. The number of rotatable bonds is 53. The molecule has 0 aliphatic carbocycles. The predicted molar refractivity (Wildman–Crippen MR) is 330 cm³/mol. The fraction of sp³-hybridized carbons (Fsp3) is 0.681. The van der Waals surface area contributed by atoms with Crippen molar-refractivity contribution in [1.82, 2.24) is 0 Å². The van der Waals surface area contributed by atoms with Crippen LogP contribution in [-0.4, -0.2) is 89.2 Å². The number of carboxylic acids is 1. The van der Waals surface area contributed by atoms with Gasteiger partial charge in [-0.3, -0.25) is 14.4 Å². The molecule has 0 radical (unpaired) electrons. The lowest BCUT2D eigenvalue weighted by molar-refractivity contribution is -0.301. The molecule has 12 nitrogen and oxygen atoms in total. The van der Waals surface area contributed by atoms with Crippen molar-refractivity contribution >= 4 is 23.9 Å². The van der Waals surface area contributed by atoms with Gasteiger partial charge in [0.15, 0.2) is 24.6 Å². The Balaban J connectivity index is 2.71. The molecule has 12 heteroatoms. The van der Waals surface area contributed by atoms with Crippen molar-refractivity contribution in [1.29, 1.82) is 0 Å². The average molecular weight is 1130 g/mol. The number of aliphatic carboxylic acids is 1. The first-order valence-electron chi connectivity index (χ1n) is 31.9. The van der Waals surface area contributed by atoms with Gasteiger partial charge < -0.3 is 39.0 Å². The summed E-state index contributed by atoms with van der Waals surface area (Å²) in [6.07, 6.45) is 63.2. The predicted octanol–water partition coefficient (Wildman–Crippen LogP) is 17.0. The van der Waals surface area contributed by atoms with E-state index in [2.05, 4.69) is 130 Å². The van der Waals surface area contributed by atoms with Crippen LogP contribution in [0.4, 0.5) is 0 Å². The summed E-state index contributed by atoms with van der Waals surface area (Å²) in [4.78, 5) is 51.3. The van der Waals surface area contributed by atoms with Crippen molar-refractivity contribution in [2.45, 2.75) is 289 Å². The quantitative estimate of drug-likeness (QED) is 0.0228. The highest BCUT2D eigenvalue weighted by molar-refractivity contribution is 5.74. The molecule has 1 aliphatic rings. The van der Waals surface area contributed by atoms with Crippen LogP contribution >= 0.6 is 0 Å². The van der Waals surface area contributed by atoms with Gasteiger partial charge in [0.25, 0.3) is 0 Å². The number of hydrogen-bond donors (Lipinski definition) is 3. The Morgan fingerprint density at radius 1 is 0.420 bits per heavy atom. The molecule has 0 aromatic rings. The van der Waals surface area contributed by atoms with Crippen molar-refractivity contribution < 1.29 is 58.2 Å². The number of carboxylic acid groups (broad SMARTS) is 1. The largest absolute Gasteiger partial charge is 0.479 e. The molecule has 6 unspecified atom stereocenters. The fourth-order valence-corrected chi connectivity index (χ4v) is 8.92. The van der Waals surface area contributed by atoms with E-state index in [9.17, 15) is 34.5 Å². The molecule has 1 heterocycles. The van der Waals surface area contributed by atoms with E-state index in [1.165, 1.54) is 44.9 Å². The highest BCUT2D eigenvalue weighted by Gasteiger charge is 2.50. The van der Waals surface area contributed by atoms with Gasteiger partial charge in [-0.2, -0.15) is 0 Å². The van der Waals surface area contributed by atoms with Crippen molar-refractivity contribution in [3.63, 3.8) is 0 Å². The van der Waals surface area contributed by atoms with Crippen molar-refractivity contribution in [2.75, 3.05) is 13.2 Å². The molecule has 81 heavy (non-hydrogen) atoms. The second-order valence-corrected chi connectivity index (χ2v) is 21.3. The van der Waals surface area contributed by atoms with E-state index >= 15 is 0 Å². The van der Waals surface area contributed by atoms with Crippen LogP contribution in [0, 0.1) is 0 Å². The van der Waals surface area contributed by atoms with Crippen LogP contribution in [-0.2, 0) is 42.9 Å². The maximum absolute atomic E-state index is 13.2. The van der Waals surface area contributed by atoms with E-state index in [1.54, 1.807) is 0 Å². The number of hydrogen-bond acceptors (Lipinski definition) is 11. The number of unbranched alkanes of at least 4 members (excludes halogenated alkanes) is 21. The lowest BCUT2D eigenvalue weighted by Gasteiger charge is -2.40. The van der Waals surface area contributed by atoms with Gasteiger partial charge in [0, 0.05) is 19.3 Å². The van der Waals surface area contributed by atoms with Crippen molar-refractivity contribution in [2.24, 2.45) is 0 Å². The zero-order valence-electron chi connectivity index (χ0n) is 50.7. The Hall–Kier alpha value is -4.62. The Kier molecular flexibility index (Phi) is 51.3. The molecule has 0 saturated carbocycles. The molecule has 3 N–H and O–H groups in total. The molecule has 0 amide bonds. The first kappa shape index (κ1) is 74.4. The molecular weight excluding hydrogens is 1020 g/mol. The zero-order chi connectivity index (χ0) is 58.9. The molecule has 0 bridgehead atoms. The molecule has 1 aliphatic heterocycles. The molecule has 0 spiro atoms. The minimum atomic E-state index is -1.92. The summed E-state index contributed by atoms with van der Waals surface area (Å²) in [5.41, 5.74) is 0. The third-order valence-corrected chi connectivity index (χ3v) is 13.8. The Morgan fingerprint density at radius 3 is 1.19 bits per heavy atom. The van der Waals surface area contributed by atoms with Gasteiger partial charge in [0.1, 0.15) is 18.8 Å². The van der Waals surface area contributed by atoms with Crippen LogP contribution in [0.2, 0.25) is 0 Å². The van der Waals surface area contributed by atoms with Gasteiger partial charge in [-0.1, -0.05) is 214 Å². The second kappa shape index (κ2) is 55.9. The molecule has 0 aromatic heterocycles. The number of ether oxygens (including phenoxy) is 5. The number of aliphatic hydroxyl groups is 2. The summed E-state index contributed by atoms with van der Waals surface area (Å²) >= 11 is 0. The minimum Gasteiger partial charge on any atom is -0.479 e. The highest BCUT2D eigenvalue weighted by Crippen LogP contribution is 2.26. The summed E-state index contributed by atoms with van der Waals surface area (Å²) in [6, 6.07) is 0. The van der Waals surface area contributed by atoms with Crippen LogP contribution in [0.25, 0.3) is 0 Å². The minimum absolute atomic E-state index is 0.0351. The number of allylic oxidation sites excluding steroid dienone is 18. The van der Waals surface area contributed by atoms with Gasteiger partial charge in [-0.05, 0) is 128 Å². The smallest absolute Gasteiger partial charge is 0.335 e. The van der Waals surface area contributed by atoms with E-state index in [0.717, 1.165) is 148 Å². The third kappa shape index (κ3) is 45.6. The van der Waals surface area contributed by atoms with Gasteiger partial charge in [-0.25, -0.2) is 4.79 Å². The monoisotopic (exact) mass is 1130 g/mol. The Bertz CT molecular complexity index is 1820. The van der Waals surface area contributed by atoms with Crippen LogP contribution in [0.15, 0.2) is 109 Å². The number of carbonyl (C=O) groups excluding carboxylic acids is 3. The molecule has 0 aromatic carbocycles. The standard InChI is InChI=1S/C69H112O12/c1-4-7-10-13-16-19-22-25-28-30-31-33-35-37-40-43-46-49-52-55-61(70)77-58-60(79-62(71)56-53-50-47-44-41-39-36-32-29-26-23-20-17-14-11-8-5-2)59-78-69-67(65(74)64(73)66(81-69)68(75)76)80-63(72)57-54-51-48-45-42-38-34-27-24-21-18-15-12-9-6-3/h8,11,16-21,25-29,31,33-34,36,39,60,64-67,69,73-74H,4-7,9-10,12-15,22-24,30,32,35,37-38,40-59H2,1-3H3,(H,75,76)/b11-8-,19-16-,20-17-,21-18-,28-25-,29-26-,33-31-,34-27-,39-36-. The highest BCUT2D eigenvalue weighted by atomic mass is 16.7. The molecular formula is C69H112O12. The topological polar surface area (TPSA) is 175 Å². The molecule has 1 rings (SSSR count). The van der Waals surface area contributed by atoms with E-state index < -0.39 is 67.3 Å². The lowest BCUT2D eigenvalue weighted by atomic mass is 9.98. The third-order valence-electron chi connectivity index (χ3n) is 13.8. The maximum Gasteiger partial charge on any atom is 0.335 e. The van der Waals surface area contributed by atoms with Crippen molar-refractivity contribution in [3.05, 3.63) is 109 Å². The first-order valence-corrected chi connectivity index (χ1v) is 31.9. The van der Waals surface area contributed by atoms with Crippen LogP contribution in [0.3, 0.4) is 0 Å². The Morgan fingerprint density at radius 2 is 0.778 bits per heavy atom. The summed E-state index contributed by atoms with van der Waals surface area (Å²) in [5, 5.41) is 31.6. The lowest BCUT2D eigenvalue weighted by Crippen LogP contribution is -2.61. The number of carbonyl (C=O) groups is 4. The van der Waals surface area contributed by atoms with E-state index in [0.29, 0.717) is 19.3 Å². The van der Waals surface area contributed by atoms with E-state index in [4.69, 9.17) is 23.7 Å². The number of esters is 3. The Labute approximate surface area is 491 Å². The summed E-state index contributed by atoms with van der Waals surface area (Å²) in [5.74, 6) is -3.19. The van der Waals surface area contributed by atoms with Gasteiger partial charge in [0.2, 0.25) is 0 Å². The fourth-order valence-electron chi connectivity index (χ4n) is 8.92. The van der Waals surface area contributed by atoms with Gasteiger partial charge in [-0.15, -0.1) is 0 Å². The van der Waals surface area contributed by atoms with Crippen LogP contribution < -0.4 is 0 Å². The van der Waals surface area contributed by atoms with Gasteiger partial charge >= 0.3 is 23.9 Å². The SMILES string of the molecule is CC/C=C\C/C=C\C/C=C\C/C=C\CCCCCCC(=O)OC(COC(=O)CCCCCCCC/C=C\C/C=C\C/C=C\CCCCC)COC1OC(C(=O)O)C(O)C(O)C1OC(=O)CCCCCCC/C=C\C/C=C\CCCCC. The van der Waals surface area contributed by atoms with E-state index in [1.807, 2.05) is 0 Å². The van der Waals surface area contributed by atoms with E-state index in [-0.39, 0.29) is 25.9 Å². The summed E-state index contributed by atoms with van der Waals surface area (Å²) < 4.78 is 28.5. The summed E-state index contributed by atoms with van der Waals surface area (Å²) in [7, 11) is 0. The van der Waals surface area contributed by atoms with Crippen molar-refractivity contribution in [3.8, 4) is 0 Å². The second-order valence-electron chi connectivity index (χ2n) is 21.3. The maximum atomic E-state index is 13.2. The summed E-state index contributed by atoms with van der Waals surface area (Å²) in [6.45, 7) is 5.80. The normalized spacial score (nSPS) is 18.5. The van der Waals surface area contributed by atoms with Crippen LogP contribution in [0.5, 0.6) is 0 Å². The first-order chi connectivity index (χ1) is 39.6.